The molecule has 0 aromatic heterocycles. The van der Waals surface area contributed by atoms with Crippen LogP contribution in [-0.4, -0.2) is 24.5 Å². The molecule has 1 saturated heterocycles. The maximum absolute atomic E-state index is 11.0. The number of rotatable bonds is 3. The lowest BCUT2D eigenvalue weighted by molar-refractivity contribution is -0.134. The molecule has 0 saturated carbocycles. The third-order valence-electron chi connectivity index (χ3n) is 1.85. The molecule has 1 atom stereocenters. The van der Waals surface area contributed by atoms with Crippen LogP contribution < -0.4 is 0 Å². The van der Waals surface area contributed by atoms with Gasteiger partial charge in [-0.1, -0.05) is 6.58 Å². The second-order valence-electron chi connectivity index (χ2n) is 3.88. The van der Waals surface area contributed by atoms with Crippen LogP contribution in [0.15, 0.2) is 24.5 Å². The van der Waals surface area contributed by atoms with Crippen LogP contribution in [0.25, 0.3) is 0 Å². The summed E-state index contributed by atoms with van der Waals surface area (Å²) in [6.07, 6.45) is 2.79. The van der Waals surface area contributed by atoms with Gasteiger partial charge >= 0.3 is 5.97 Å². The minimum absolute atomic E-state index is 0.169. The van der Waals surface area contributed by atoms with Gasteiger partial charge in [-0.2, -0.15) is 0 Å². The van der Waals surface area contributed by atoms with Crippen molar-refractivity contribution < 1.29 is 19.0 Å². The third kappa shape index (κ3) is 3.85. The number of esters is 1. The van der Waals surface area contributed by atoms with E-state index in [1.165, 1.54) is 6.26 Å². The van der Waals surface area contributed by atoms with Crippen LogP contribution in [-0.2, 0) is 19.0 Å². The van der Waals surface area contributed by atoms with Crippen LogP contribution in [0.3, 0.4) is 0 Å². The van der Waals surface area contributed by atoms with E-state index in [1.54, 1.807) is 13.0 Å². The predicted molar refractivity (Wildman–Crippen MR) is 55.0 cm³/mol. The Hall–Kier alpha value is -1.13. The van der Waals surface area contributed by atoms with Crippen molar-refractivity contribution in [2.24, 2.45) is 0 Å². The van der Waals surface area contributed by atoms with E-state index >= 15 is 0 Å². The van der Waals surface area contributed by atoms with E-state index in [2.05, 4.69) is 6.58 Å². The summed E-state index contributed by atoms with van der Waals surface area (Å²) in [5.74, 6) is -1.00. The Kier molecular flexibility index (Phi) is 3.66. The highest BCUT2D eigenvalue weighted by Gasteiger charge is 2.31. The number of carbonyl (C=O) groups excluding carboxylic acids is 1. The highest BCUT2D eigenvalue weighted by molar-refractivity contribution is 5.87. The van der Waals surface area contributed by atoms with Gasteiger partial charge in [-0.05, 0) is 26.8 Å². The van der Waals surface area contributed by atoms with E-state index in [9.17, 15) is 4.79 Å². The zero-order chi connectivity index (χ0) is 11.5. The highest BCUT2D eigenvalue weighted by atomic mass is 16.7. The molecule has 1 aliphatic heterocycles. The zero-order valence-electron chi connectivity index (χ0n) is 9.28. The summed E-state index contributed by atoms with van der Waals surface area (Å²) in [4.78, 5) is 11.0. The second-order valence-corrected chi connectivity index (χ2v) is 3.88. The molecule has 1 aliphatic rings. The van der Waals surface area contributed by atoms with Gasteiger partial charge in [0.15, 0.2) is 5.79 Å². The van der Waals surface area contributed by atoms with E-state index in [4.69, 9.17) is 14.2 Å². The van der Waals surface area contributed by atoms with Crippen LogP contribution in [0, 0.1) is 0 Å². The number of ether oxygens (including phenoxy) is 3. The monoisotopic (exact) mass is 212 g/mol. The van der Waals surface area contributed by atoms with Crippen LogP contribution in [0.5, 0.6) is 0 Å². The number of hydrogen-bond donors (Lipinski definition) is 0. The van der Waals surface area contributed by atoms with Crippen molar-refractivity contribution in [1.29, 1.82) is 0 Å². The number of carbonyl (C=O) groups is 1. The van der Waals surface area contributed by atoms with Crippen LogP contribution >= 0.6 is 0 Å². The molecular formula is C11H16O4. The van der Waals surface area contributed by atoms with Crippen molar-refractivity contribution in [1.82, 2.24) is 0 Å². The molecule has 0 N–H and O–H groups in total. The van der Waals surface area contributed by atoms with Gasteiger partial charge in [0.1, 0.15) is 6.10 Å². The SMILES string of the molecule is C=C(C)C(=O)O/C=C\C1COC(C)(C)O1. The van der Waals surface area contributed by atoms with Crippen molar-refractivity contribution in [2.45, 2.75) is 32.7 Å². The Morgan fingerprint density at radius 3 is 2.73 bits per heavy atom. The highest BCUT2D eigenvalue weighted by Crippen LogP contribution is 2.22. The van der Waals surface area contributed by atoms with Crippen molar-refractivity contribution in [3.63, 3.8) is 0 Å². The van der Waals surface area contributed by atoms with Crippen LogP contribution in [0.4, 0.5) is 0 Å². The van der Waals surface area contributed by atoms with Gasteiger partial charge in [0, 0.05) is 5.57 Å². The first-order valence-corrected chi connectivity index (χ1v) is 4.76. The molecule has 0 amide bonds. The zero-order valence-corrected chi connectivity index (χ0v) is 9.28. The van der Waals surface area contributed by atoms with E-state index in [0.29, 0.717) is 12.2 Å². The Morgan fingerprint density at radius 2 is 2.27 bits per heavy atom. The first-order chi connectivity index (χ1) is 6.91. The molecule has 1 rings (SSSR count). The number of hydrogen-bond acceptors (Lipinski definition) is 4. The lowest BCUT2D eigenvalue weighted by atomic mass is 10.3. The Morgan fingerprint density at radius 1 is 1.60 bits per heavy atom. The molecule has 0 aliphatic carbocycles. The lowest BCUT2D eigenvalue weighted by Gasteiger charge is -2.15. The molecule has 1 heterocycles. The fourth-order valence-corrected chi connectivity index (χ4v) is 1.10. The lowest BCUT2D eigenvalue weighted by Crippen LogP contribution is -2.20. The molecular weight excluding hydrogens is 196 g/mol. The third-order valence-corrected chi connectivity index (χ3v) is 1.85. The summed E-state index contributed by atoms with van der Waals surface area (Å²) in [6, 6.07) is 0. The molecule has 0 aromatic rings. The standard InChI is InChI=1S/C11H16O4/c1-8(2)10(12)13-6-5-9-7-14-11(3,4)15-9/h5-6,9H,1,7H2,2-4H3/b6-5-. The van der Waals surface area contributed by atoms with Crippen LogP contribution in [0.1, 0.15) is 20.8 Å². The van der Waals surface area contributed by atoms with E-state index < -0.39 is 11.8 Å². The molecule has 0 bridgehead atoms. The van der Waals surface area contributed by atoms with Crippen molar-refractivity contribution >= 4 is 5.97 Å². The van der Waals surface area contributed by atoms with Gasteiger partial charge in [-0.25, -0.2) is 4.79 Å². The summed E-state index contributed by atoms with van der Waals surface area (Å²) < 4.78 is 15.6. The van der Waals surface area contributed by atoms with Crippen molar-refractivity contribution in [3.05, 3.63) is 24.5 Å². The fourth-order valence-electron chi connectivity index (χ4n) is 1.10. The molecule has 1 fully saturated rings. The summed E-state index contributed by atoms with van der Waals surface area (Å²) in [5, 5.41) is 0. The fraction of sp³-hybridized carbons (Fsp3) is 0.545. The molecule has 84 valence electrons. The Balaban J connectivity index is 2.34. The largest absolute Gasteiger partial charge is 0.431 e. The smallest absolute Gasteiger partial charge is 0.337 e. The summed E-state index contributed by atoms with van der Waals surface area (Å²) in [5.41, 5.74) is 0.364. The quantitative estimate of drug-likeness (QED) is 0.406. The second kappa shape index (κ2) is 4.59. The van der Waals surface area contributed by atoms with Crippen LogP contribution in [0.2, 0.25) is 0 Å². The molecule has 0 aromatic carbocycles. The average Bonchev–Trinajstić information content (AvgIpc) is 2.45. The van der Waals surface area contributed by atoms with Crippen molar-refractivity contribution in [2.75, 3.05) is 6.61 Å². The van der Waals surface area contributed by atoms with Gasteiger partial charge < -0.3 is 14.2 Å². The molecule has 4 heteroatoms. The normalized spacial score (nSPS) is 24.3. The maximum Gasteiger partial charge on any atom is 0.337 e. The Bertz CT molecular complexity index is 291. The molecule has 1 unspecified atom stereocenters. The van der Waals surface area contributed by atoms with E-state index in [-0.39, 0.29) is 6.10 Å². The first kappa shape index (κ1) is 11.9. The Labute approximate surface area is 89.5 Å². The predicted octanol–water partition coefficient (Wildman–Crippen LogP) is 1.77. The van der Waals surface area contributed by atoms with Crippen molar-refractivity contribution in [3.8, 4) is 0 Å². The van der Waals surface area contributed by atoms with Gasteiger partial charge in [-0.15, -0.1) is 0 Å². The molecule has 4 nitrogen and oxygen atoms in total. The maximum atomic E-state index is 11.0. The summed E-state index contributed by atoms with van der Waals surface area (Å²) in [7, 11) is 0. The van der Waals surface area contributed by atoms with Gasteiger partial charge in [0.25, 0.3) is 0 Å². The molecule has 0 radical (unpaired) electrons. The topological polar surface area (TPSA) is 44.8 Å². The van der Waals surface area contributed by atoms with Gasteiger partial charge in [-0.3, -0.25) is 0 Å². The van der Waals surface area contributed by atoms with E-state index in [0.717, 1.165) is 0 Å². The first-order valence-electron chi connectivity index (χ1n) is 4.76. The van der Waals surface area contributed by atoms with E-state index in [1.807, 2.05) is 13.8 Å². The average molecular weight is 212 g/mol. The summed E-state index contributed by atoms with van der Waals surface area (Å²) in [6.45, 7) is 9.19. The minimum Gasteiger partial charge on any atom is -0.431 e. The minimum atomic E-state index is -0.562. The van der Waals surface area contributed by atoms with Gasteiger partial charge in [0.2, 0.25) is 0 Å². The van der Waals surface area contributed by atoms with Gasteiger partial charge in [0.05, 0.1) is 12.9 Å². The summed E-state index contributed by atoms with van der Waals surface area (Å²) >= 11 is 0. The molecule has 15 heavy (non-hydrogen) atoms. The molecule has 0 spiro atoms.